The summed E-state index contributed by atoms with van der Waals surface area (Å²) in [5.41, 5.74) is 3.02. The van der Waals surface area contributed by atoms with Gasteiger partial charge in [0.15, 0.2) is 0 Å². The van der Waals surface area contributed by atoms with Crippen LogP contribution in [-0.2, 0) is 11.3 Å². The summed E-state index contributed by atoms with van der Waals surface area (Å²) in [5.74, 6) is 0.115. The van der Waals surface area contributed by atoms with Gasteiger partial charge in [0, 0.05) is 45.0 Å². The molecule has 5 nitrogen and oxygen atoms in total. The minimum atomic E-state index is 0.0423. The SMILES string of the molecule is CC(=O)N1CCN(C(=O)c2cc3scc(Br)c3n2CC=C(C)C)CC1. The number of hydrogen-bond acceptors (Lipinski definition) is 3. The van der Waals surface area contributed by atoms with E-state index < -0.39 is 0 Å². The van der Waals surface area contributed by atoms with Crippen LogP contribution in [0.2, 0.25) is 0 Å². The largest absolute Gasteiger partial charge is 0.339 e. The zero-order valence-corrected chi connectivity index (χ0v) is 17.1. The van der Waals surface area contributed by atoms with Crippen molar-refractivity contribution < 1.29 is 9.59 Å². The Hall–Kier alpha value is -1.60. The van der Waals surface area contributed by atoms with Crippen molar-refractivity contribution >= 4 is 49.3 Å². The fraction of sp³-hybridized carbons (Fsp3) is 0.444. The number of aromatic nitrogens is 1. The number of piperazine rings is 1. The van der Waals surface area contributed by atoms with Gasteiger partial charge in [0.25, 0.3) is 5.91 Å². The predicted molar refractivity (Wildman–Crippen MR) is 105 cm³/mol. The third-order valence-corrected chi connectivity index (χ3v) is 6.32. The Balaban J connectivity index is 1.90. The molecule has 0 atom stereocenters. The van der Waals surface area contributed by atoms with E-state index in [1.54, 1.807) is 23.2 Å². The van der Waals surface area contributed by atoms with Crippen molar-refractivity contribution in [2.45, 2.75) is 27.3 Å². The highest BCUT2D eigenvalue weighted by Crippen LogP contribution is 2.34. The standard InChI is InChI=1S/C18H22BrN3O2S/c1-12(2)4-5-22-15(10-16-17(22)14(19)11-25-16)18(24)21-8-6-20(7-9-21)13(3)23/h4,10-11H,5-9H2,1-3H3. The topological polar surface area (TPSA) is 45.6 Å². The third-order valence-electron chi connectivity index (χ3n) is 4.49. The summed E-state index contributed by atoms with van der Waals surface area (Å²) < 4.78 is 4.22. The summed E-state index contributed by atoms with van der Waals surface area (Å²) >= 11 is 5.25. The maximum atomic E-state index is 13.1. The smallest absolute Gasteiger partial charge is 0.270 e. The van der Waals surface area contributed by atoms with Crippen LogP contribution in [0.15, 0.2) is 27.6 Å². The fourth-order valence-corrected chi connectivity index (χ4v) is 4.75. The highest BCUT2D eigenvalue weighted by atomic mass is 79.9. The lowest BCUT2D eigenvalue weighted by atomic mass is 10.2. The zero-order valence-electron chi connectivity index (χ0n) is 14.7. The number of hydrogen-bond donors (Lipinski definition) is 0. The average molecular weight is 424 g/mol. The number of nitrogens with zero attached hydrogens (tertiary/aromatic N) is 3. The average Bonchev–Trinajstić information content (AvgIpc) is 3.12. The van der Waals surface area contributed by atoms with E-state index in [0.717, 1.165) is 20.4 Å². The molecule has 3 rings (SSSR count). The van der Waals surface area contributed by atoms with Gasteiger partial charge >= 0.3 is 0 Å². The summed E-state index contributed by atoms with van der Waals surface area (Å²) in [6, 6.07) is 1.99. The maximum Gasteiger partial charge on any atom is 0.270 e. The van der Waals surface area contributed by atoms with Gasteiger partial charge in [-0.1, -0.05) is 11.6 Å². The Kier molecular flexibility index (Phi) is 5.34. The Morgan fingerprint density at radius 1 is 1.16 bits per heavy atom. The molecular formula is C18H22BrN3O2S. The number of carbonyl (C=O) groups is 2. The molecule has 7 heteroatoms. The molecule has 0 unspecified atom stereocenters. The summed E-state index contributed by atoms with van der Waals surface area (Å²) in [6.07, 6.45) is 2.13. The number of allylic oxidation sites excluding steroid dienone is 2. The number of rotatable bonds is 3. The molecular weight excluding hydrogens is 402 g/mol. The molecule has 0 aromatic carbocycles. The molecule has 1 fully saturated rings. The van der Waals surface area contributed by atoms with Gasteiger partial charge in [0.1, 0.15) is 5.69 Å². The van der Waals surface area contributed by atoms with Gasteiger partial charge in [-0.25, -0.2) is 0 Å². The van der Waals surface area contributed by atoms with Gasteiger partial charge in [-0.15, -0.1) is 11.3 Å². The molecule has 0 bridgehead atoms. The second kappa shape index (κ2) is 7.33. The quantitative estimate of drug-likeness (QED) is 0.705. The first kappa shape index (κ1) is 18.2. The van der Waals surface area contributed by atoms with Crippen LogP contribution in [-0.4, -0.2) is 52.4 Å². The van der Waals surface area contributed by atoms with Crippen LogP contribution < -0.4 is 0 Å². The van der Waals surface area contributed by atoms with Crippen LogP contribution in [0.25, 0.3) is 10.2 Å². The van der Waals surface area contributed by atoms with Gasteiger partial charge in [-0.2, -0.15) is 0 Å². The van der Waals surface area contributed by atoms with Crippen molar-refractivity contribution in [1.29, 1.82) is 0 Å². The first-order valence-corrected chi connectivity index (χ1v) is 10.00. The molecule has 0 N–H and O–H groups in total. The van der Waals surface area contributed by atoms with E-state index in [-0.39, 0.29) is 11.8 Å². The third kappa shape index (κ3) is 3.67. The first-order chi connectivity index (χ1) is 11.9. The fourth-order valence-electron chi connectivity index (χ4n) is 3.06. The van der Waals surface area contributed by atoms with E-state index >= 15 is 0 Å². The number of carbonyl (C=O) groups excluding carboxylic acids is 2. The Bertz CT molecular complexity index is 840. The molecule has 2 amide bonds. The van der Waals surface area contributed by atoms with Crippen molar-refractivity contribution in [3.63, 3.8) is 0 Å². The molecule has 0 radical (unpaired) electrons. The van der Waals surface area contributed by atoms with Crippen LogP contribution in [0.3, 0.4) is 0 Å². The molecule has 2 aromatic heterocycles. The first-order valence-electron chi connectivity index (χ1n) is 8.33. The predicted octanol–water partition coefficient (Wildman–Crippen LogP) is 3.74. The number of amides is 2. The lowest BCUT2D eigenvalue weighted by molar-refractivity contribution is -0.130. The molecule has 1 aliphatic rings. The summed E-state index contributed by atoms with van der Waals surface area (Å²) in [6.45, 7) is 8.75. The molecule has 134 valence electrons. The second-order valence-corrected chi connectivity index (χ2v) is 8.28. The number of thiophene rings is 1. The minimum absolute atomic E-state index is 0.0423. The Labute approximate surface area is 160 Å². The van der Waals surface area contributed by atoms with Crippen LogP contribution in [0, 0.1) is 0 Å². The normalized spacial score (nSPS) is 14.9. The lowest BCUT2D eigenvalue weighted by Crippen LogP contribution is -2.50. The summed E-state index contributed by atoms with van der Waals surface area (Å²) in [7, 11) is 0. The molecule has 1 aliphatic heterocycles. The van der Waals surface area contributed by atoms with Crippen LogP contribution in [0.5, 0.6) is 0 Å². The van der Waals surface area contributed by atoms with Crippen LogP contribution >= 0.6 is 27.3 Å². The molecule has 0 saturated carbocycles. The van der Waals surface area contributed by atoms with Gasteiger partial charge < -0.3 is 14.4 Å². The van der Waals surface area contributed by atoms with E-state index in [9.17, 15) is 9.59 Å². The highest BCUT2D eigenvalue weighted by molar-refractivity contribution is 9.10. The number of fused-ring (bicyclic) bond motifs is 1. The van der Waals surface area contributed by atoms with Crippen LogP contribution in [0.4, 0.5) is 0 Å². The van der Waals surface area contributed by atoms with Crippen molar-refractivity contribution in [1.82, 2.24) is 14.4 Å². The van der Waals surface area contributed by atoms with Crippen molar-refractivity contribution in [2.24, 2.45) is 0 Å². The summed E-state index contributed by atoms with van der Waals surface area (Å²) in [5, 5.41) is 2.06. The second-order valence-electron chi connectivity index (χ2n) is 6.52. The summed E-state index contributed by atoms with van der Waals surface area (Å²) in [4.78, 5) is 28.2. The van der Waals surface area contributed by atoms with Crippen molar-refractivity contribution in [3.8, 4) is 0 Å². The van der Waals surface area contributed by atoms with E-state index in [1.165, 1.54) is 5.57 Å². The molecule has 25 heavy (non-hydrogen) atoms. The molecule has 3 heterocycles. The van der Waals surface area contributed by atoms with Crippen LogP contribution in [0.1, 0.15) is 31.3 Å². The zero-order chi connectivity index (χ0) is 18.1. The van der Waals surface area contributed by atoms with Crippen molar-refractivity contribution in [3.05, 3.63) is 33.3 Å². The molecule has 0 spiro atoms. The van der Waals surface area contributed by atoms with E-state index in [1.807, 2.05) is 11.0 Å². The van der Waals surface area contributed by atoms with E-state index in [0.29, 0.717) is 32.7 Å². The Morgan fingerprint density at radius 3 is 2.40 bits per heavy atom. The van der Waals surface area contributed by atoms with Crippen molar-refractivity contribution in [2.75, 3.05) is 26.2 Å². The van der Waals surface area contributed by atoms with E-state index in [2.05, 4.69) is 45.8 Å². The van der Waals surface area contributed by atoms with Gasteiger partial charge in [0.05, 0.1) is 14.7 Å². The van der Waals surface area contributed by atoms with E-state index in [4.69, 9.17) is 0 Å². The van der Waals surface area contributed by atoms with Gasteiger partial charge in [-0.05, 0) is 35.8 Å². The molecule has 1 saturated heterocycles. The lowest BCUT2D eigenvalue weighted by Gasteiger charge is -2.34. The van der Waals surface area contributed by atoms with Gasteiger partial charge in [0.2, 0.25) is 5.91 Å². The minimum Gasteiger partial charge on any atom is -0.339 e. The molecule has 0 aliphatic carbocycles. The molecule has 2 aromatic rings. The maximum absolute atomic E-state index is 13.1. The van der Waals surface area contributed by atoms with Gasteiger partial charge in [-0.3, -0.25) is 9.59 Å². The number of halogens is 1. The highest BCUT2D eigenvalue weighted by Gasteiger charge is 2.26. The Morgan fingerprint density at radius 2 is 1.80 bits per heavy atom. The monoisotopic (exact) mass is 423 g/mol.